The molecule has 0 radical (unpaired) electrons. The van der Waals surface area contributed by atoms with Gasteiger partial charge in [-0.15, -0.1) is 0 Å². The first kappa shape index (κ1) is 16.3. The van der Waals surface area contributed by atoms with Crippen LogP contribution in [0.1, 0.15) is 5.56 Å². The minimum atomic E-state index is -0.437. The first-order chi connectivity index (χ1) is 11.6. The molecule has 0 amide bonds. The molecule has 0 aliphatic carbocycles. The smallest absolute Gasteiger partial charge is 0.342 e. The zero-order valence-corrected chi connectivity index (χ0v) is 14.7. The van der Waals surface area contributed by atoms with Crippen molar-refractivity contribution < 1.29 is 9.47 Å². The molecule has 124 valence electrons. The van der Waals surface area contributed by atoms with E-state index in [-0.39, 0.29) is 12.1 Å². The summed E-state index contributed by atoms with van der Waals surface area (Å²) in [6, 6.07) is 12.2. The monoisotopic (exact) mass is 390 g/mol. The molecule has 0 aliphatic heterocycles. The fraction of sp³-hybridized carbons (Fsp3) is 0.176. The number of benzene rings is 2. The molecule has 1 aromatic heterocycles. The summed E-state index contributed by atoms with van der Waals surface area (Å²) in [7, 11) is 3.09. The van der Waals surface area contributed by atoms with Gasteiger partial charge in [-0.2, -0.15) is 0 Å². The summed E-state index contributed by atoms with van der Waals surface area (Å²) in [6.45, 7) is 0.133. The third kappa shape index (κ3) is 2.71. The number of methoxy groups -OCH3 is 2. The van der Waals surface area contributed by atoms with Crippen LogP contribution in [0.3, 0.4) is 0 Å². The largest absolute Gasteiger partial charge is 0.493 e. The van der Waals surface area contributed by atoms with Crippen molar-refractivity contribution in [1.29, 1.82) is 0 Å². The van der Waals surface area contributed by atoms with Crippen molar-refractivity contribution in [2.24, 2.45) is 0 Å². The fourth-order valence-electron chi connectivity index (χ4n) is 2.57. The third-order valence-corrected chi connectivity index (χ3v) is 4.46. The van der Waals surface area contributed by atoms with E-state index in [9.17, 15) is 9.59 Å². The molecule has 0 fully saturated rings. The molecule has 6 nitrogen and oxygen atoms in total. The van der Waals surface area contributed by atoms with Crippen LogP contribution in [-0.4, -0.2) is 22.4 Å². The van der Waals surface area contributed by atoms with Crippen molar-refractivity contribution in [3.05, 3.63) is 68.9 Å². The molecule has 24 heavy (non-hydrogen) atoms. The van der Waals surface area contributed by atoms with E-state index in [0.717, 1.165) is 5.56 Å². The molecule has 0 N–H and O–H groups in total. The molecule has 0 bridgehead atoms. The maximum atomic E-state index is 12.7. The maximum absolute atomic E-state index is 12.7. The molecule has 7 heteroatoms. The van der Waals surface area contributed by atoms with Crippen LogP contribution in [0.4, 0.5) is 0 Å². The van der Waals surface area contributed by atoms with Crippen LogP contribution in [0.2, 0.25) is 0 Å². The molecule has 0 spiro atoms. The van der Waals surface area contributed by atoms with E-state index in [1.165, 1.54) is 15.3 Å². The van der Waals surface area contributed by atoms with E-state index in [4.69, 9.17) is 9.47 Å². The highest BCUT2D eigenvalue weighted by atomic mass is 79.9. The molecule has 0 atom stereocenters. The molecule has 2 aromatic carbocycles. The molecule has 0 saturated carbocycles. The van der Waals surface area contributed by atoms with Gasteiger partial charge in [0.05, 0.1) is 47.8 Å². The van der Waals surface area contributed by atoms with Crippen LogP contribution in [0, 0.1) is 0 Å². The topological polar surface area (TPSA) is 62.5 Å². The molecular weight excluding hydrogens is 376 g/mol. The number of nitrogens with zero attached hydrogens (tertiary/aromatic N) is 2. The number of rotatable bonds is 4. The third-order valence-electron chi connectivity index (χ3n) is 3.78. The van der Waals surface area contributed by atoms with Gasteiger partial charge in [0.15, 0.2) is 11.5 Å². The van der Waals surface area contributed by atoms with Gasteiger partial charge in [0.25, 0.3) is 5.56 Å². The van der Waals surface area contributed by atoms with E-state index in [1.54, 1.807) is 49.6 Å². The number of ether oxygens (including phenoxy) is 2. The lowest BCUT2D eigenvalue weighted by Crippen LogP contribution is -2.37. The van der Waals surface area contributed by atoms with E-state index in [0.29, 0.717) is 22.4 Å². The van der Waals surface area contributed by atoms with Crippen molar-refractivity contribution in [2.45, 2.75) is 6.54 Å². The predicted molar refractivity (Wildman–Crippen MR) is 95.4 cm³/mol. The Balaban J connectivity index is 2.14. The summed E-state index contributed by atoms with van der Waals surface area (Å²) in [6.07, 6.45) is 0. The van der Waals surface area contributed by atoms with Gasteiger partial charge >= 0.3 is 5.69 Å². The van der Waals surface area contributed by atoms with E-state index < -0.39 is 5.69 Å². The minimum Gasteiger partial charge on any atom is -0.493 e. The second-order valence-corrected chi connectivity index (χ2v) is 5.87. The van der Waals surface area contributed by atoms with Gasteiger partial charge in [0.2, 0.25) is 0 Å². The predicted octanol–water partition coefficient (Wildman–Crippen LogP) is 2.39. The Morgan fingerprint density at radius 1 is 1.00 bits per heavy atom. The van der Waals surface area contributed by atoms with Crippen LogP contribution >= 0.6 is 16.1 Å². The summed E-state index contributed by atoms with van der Waals surface area (Å²) in [4.78, 5) is 25.2. The Hall–Kier alpha value is -2.54. The Morgan fingerprint density at radius 2 is 1.71 bits per heavy atom. The number of aromatic nitrogens is 2. The maximum Gasteiger partial charge on any atom is 0.342 e. The molecule has 3 aromatic rings. The van der Waals surface area contributed by atoms with Gasteiger partial charge in [-0.05, 0) is 29.8 Å². The Labute approximate surface area is 146 Å². The zero-order chi connectivity index (χ0) is 17.3. The number of hydrogen-bond donors (Lipinski definition) is 0. The van der Waals surface area contributed by atoms with Gasteiger partial charge in [-0.3, -0.25) is 9.36 Å². The summed E-state index contributed by atoms with van der Waals surface area (Å²) in [5.74, 6) is 1.13. The summed E-state index contributed by atoms with van der Waals surface area (Å²) < 4.78 is 12.9. The summed E-state index contributed by atoms with van der Waals surface area (Å²) in [5, 5.41) is 0.467. The lowest BCUT2D eigenvalue weighted by atomic mass is 10.2. The van der Waals surface area contributed by atoms with Crippen molar-refractivity contribution >= 4 is 27.1 Å². The molecular formula is C17H15BrN2O4. The second-order valence-electron chi connectivity index (χ2n) is 5.16. The highest BCUT2D eigenvalue weighted by molar-refractivity contribution is 9.08. The Bertz CT molecular complexity index is 1020. The molecule has 0 aliphatic rings. The first-order valence-electron chi connectivity index (χ1n) is 7.18. The normalized spacial score (nSPS) is 10.8. The molecule has 0 saturated heterocycles. The average molecular weight is 391 g/mol. The van der Waals surface area contributed by atoms with Gasteiger partial charge in [0.1, 0.15) is 0 Å². The SMILES string of the molecule is COc1ccc(Cn2c(=O)c3ccccc3n(Br)c2=O)cc1OC. The van der Waals surface area contributed by atoms with Crippen LogP contribution in [0.5, 0.6) is 11.5 Å². The zero-order valence-electron chi connectivity index (χ0n) is 13.2. The minimum absolute atomic E-state index is 0.133. The lowest BCUT2D eigenvalue weighted by molar-refractivity contribution is 0.354. The molecule has 0 unspecified atom stereocenters. The highest BCUT2D eigenvalue weighted by Crippen LogP contribution is 2.27. The Morgan fingerprint density at radius 3 is 2.42 bits per heavy atom. The highest BCUT2D eigenvalue weighted by Gasteiger charge is 2.13. The van der Waals surface area contributed by atoms with Crippen LogP contribution in [0.15, 0.2) is 52.1 Å². The van der Waals surface area contributed by atoms with Crippen molar-refractivity contribution in [3.63, 3.8) is 0 Å². The van der Waals surface area contributed by atoms with E-state index >= 15 is 0 Å². The molecule has 3 rings (SSSR count). The number of hydrogen-bond acceptors (Lipinski definition) is 4. The van der Waals surface area contributed by atoms with Crippen molar-refractivity contribution in [1.82, 2.24) is 8.16 Å². The number of fused-ring (bicyclic) bond motifs is 1. The number of para-hydroxylation sites is 1. The van der Waals surface area contributed by atoms with Crippen LogP contribution < -0.4 is 20.7 Å². The van der Waals surface area contributed by atoms with Gasteiger partial charge in [-0.1, -0.05) is 18.2 Å². The summed E-state index contributed by atoms with van der Waals surface area (Å²) >= 11 is 3.23. The van der Waals surface area contributed by atoms with Crippen LogP contribution in [0.25, 0.3) is 10.9 Å². The Kier molecular flexibility index (Phi) is 4.44. The van der Waals surface area contributed by atoms with E-state index in [2.05, 4.69) is 16.1 Å². The van der Waals surface area contributed by atoms with Gasteiger partial charge in [-0.25, -0.2) is 8.39 Å². The average Bonchev–Trinajstić information content (AvgIpc) is 2.63. The van der Waals surface area contributed by atoms with Gasteiger partial charge < -0.3 is 9.47 Å². The van der Waals surface area contributed by atoms with Crippen molar-refractivity contribution in [2.75, 3.05) is 14.2 Å². The van der Waals surface area contributed by atoms with Crippen molar-refractivity contribution in [3.8, 4) is 11.5 Å². The quantitative estimate of drug-likeness (QED) is 0.685. The van der Waals surface area contributed by atoms with E-state index in [1.807, 2.05) is 0 Å². The summed E-state index contributed by atoms with van der Waals surface area (Å²) in [5.41, 5.74) is 0.528. The van der Waals surface area contributed by atoms with Crippen LogP contribution in [-0.2, 0) is 6.54 Å². The first-order valence-corrected chi connectivity index (χ1v) is 7.89. The fourth-order valence-corrected chi connectivity index (χ4v) is 3.07. The lowest BCUT2D eigenvalue weighted by Gasteiger charge is -2.12. The standard InChI is InChI=1S/C17H15BrN2O4/c1-23-14-8-7-11(9-15(14)24-2)10-19-16(21)12-5-3-4-6-13(12)20(18)17(19)22/h3-9H,10H2,1-2H3. The van der Waals surface area contributed by atoms with Gasteiger partial charge in [0, 0.05) is 0 Å². The number of halogens is 1. The molecule has 1 heterocycles. The second kappa shape index (κ2) is 6.52.